The van der Waals surface area contributed by atoms with Gasteiger partial charge in [0, 0.05) is 6.54 Å². The highest BCUT2D eigenvalue weighted by molar-refractivity contribution is 5.75. The first kappa shape index (κ1) is 16.5. The molecule has 0 aliphatic heterocycles. The number of carbonyl (C=O) groups is 1. The molecule has 0 saturated heterocycles. The molecule has 0 aliphatic carbocycles. The Morgan fingerprint density at radius 3 is 2.25 bits per heavy atom. The Kier molecular flexibility index (Phi) is 7.13. The lowest BCUT2D eigenvalue weighted by molar-refractivity contribution is -0.121. The van der Waals surface area contributed by atoms with Crippen molar-refractivity contribution in [3.8, 4) is 5.75 Å². The summed E-state index contributed by atoms with van der Waals surface area (Å²) in [5.74, 6) is 2.55. The largest absolute Gasteiger partial charge is 0.493 e. The summed E-state index contributed by atoms with van der Waals surface area (Å²) < 4.78 is 5.52. The predicted molar refractivity (Wildman–Crippen MR) is 82.7 cm³/mol. The number of benzene rings is 1. The number of hydrogen-bond donors (Lipinski definition) is 1. The molecule has 0 atom stereocenters. The van der Waals surface area contributed by atoms with Crippen molar-refractivity contribution in [1.82, 2.24) is 5.32 Å². The van der Waals surface area contributed by atoms with Crippen molar-refractivity contribution in [3.63, 3.8) is 0 Å². The van der Waals surface area contributed by atoms with E-state index in [9.17, 15) is 4.79 Å². The van der Waals surface area contributed by atoms with E-state index in [2.05, 4.69) is 33.0 Å². The van der Waals surface area contributed by atoms with Crippen molar-refractivity contribution >= 4 is 5.91 Å². The summed E-state index contributed by atoms with van der Waals surface area (Å²) in [4.78, 5) is 11.8. The van der Waals surface area contributed by atoms with Gasteiger partial charge in [0.15, 0.2) is 0 Å². The molecule has 1 rings (SSSR count). The molecule has 3 heteroatoms. The van der Waals surface area contributed by atoms with Crippen LogP contribution >= 0.6 is 0 Å². The van der Waals surface area contributed by atoms with E-state index in [0.29, 0.717) is 30.8 Å². The molecule has 0 aliphatic rings. The van der Waals surface area contributed by atoms with Gasteiger partial charge in [0.2, 0.25) is 5.91 Å². The van der Waals surface area contributed by atoms with Gasteiger partial charge in [-0.15, -0.1) is 0 Å². The zero-order chi connectivity index (χ0) is 15.0. The highest BCUT2D eigenvalue weighted by Crippen LogP contribution is 2.19. The van der Waals surface area contributed by atoms with Gasteiger partial charge in [0.25, 0.3) is 0 Å². The van der Waals surface area contributed by atoms with E-state index in [0.717, 1.165) is 12.3 Å². The Morgan fingerprint density at radius 1 is 1.10 bits per heavy atom. The second-order valence-electron chi connectivity index (χ2n) is 5.87. The van der Waals surface area contributed by atoms with Crippen LogP contribution in [0.4, 0.5) is 0 Å². The molecular formula is C17H27NO2. The Bertz CT molecular complexity index is 379. The van der Waals surface area contributed by atoms with E-state index >= 15 is 0 Å². The normalized spacial score (nSPS) is 11.2. The van der Waals surface area contributed by atoms with E-state index in [4.69, 9.17) is 4.74 Å². The third kappa shape index (κ3) is 6.09. The molecule has 1 N–H and O–H groups in total. The molecule has 3 nitrogen and oxygen atoms in total. The highest BCUT2D eigenvalue weighted by atomic mass is 16.5. The zero-order valence-electron chi connectivity index (χ0n) is 13.1. The van der Waals surface area contributed by atoms with Gasteiger partial charge in [-0.05, 0) is 29.9 Å². The number of hydrogen-bond acceptors (Lipinski definition) is 2. The second kappa shape index (κ2) is 8.62. The number of carbonyl (C=O) groups excluding carboxylic acids is 1. The van der Waals surface area contributed by atoms with Gasteiger partial charge in [-0.1, -0.05) is 45.9 Å². The third-order valence-corrected chi connectivity index (χ3v) is 3.59. The number of amides is 1. The molecule has 0 heterocycles. The van der Waals surface area contributed by atoms with Gasteiger partial charge in [0.05, 0.1) is 13.0 Å². The minimum Gasteiger partial charge on any atom is -0.493 e. The molecular weight excluding hydrogens is 250 g/mol. The molecule has 0 bridgehead atoms. The first-order valence-corrected chi connectivity index (χ1v) is 7.45. The fraction of sp³-hybridized carbons (Fsp3) is 0.588. The fourth-order valence-corrected chi connectivity index (χ4v) is 2.34. The Hall–Kier alpha value is -1.51. The molecule has 0 radical (unpaired) electrons. The van der Waals surface area contributed by atoms with Crippen LogP contribution in [0.3, 0.4) is 0 Å². The maximum atomic E-state index is 11.8. The minimum atomic E-state index is 0.0623. The highest BCUT2D eigenvalue weighted by Gasteiger charge is 2.17. The summed E-state index contributed by atoms with van der Waals surface area (Å²) in [7, 11) is 0. The first-order chi connectivity index (χ1) is 9.50. The van der Waals surface area contributed by atoms with E-state index < -0.39 is 0 Å². The summed E-state index contributed by atoms with van der Waals surface area (Å²) in [6, 6.07) is 9.57. The lowest BCUT2D eigenvalue weighted by Crippen LogP contribution is -2.34. The lowest BCUT2D eigenvalue weighted by Gasteiger charge is -2.25. The topological polar surface area (TPSA) is 38.3 Å². The molecule has 1 aromatic rings. The predicted octanol–water partition coefficient (Wildman–Crippen LogP) is 3.50. The van der Waals surface area contributed by atoms with Crippen LogP contribution in [-0.4, -0.2) is 19.1 Å². The van der Waals surface area contributed by atoms with Crippen LogP contribution in [0.5, 0.6) is 5.75 Å². The Labute approximate surface area is 122 Å². The van der Waals surface area contributed by atoms with Gasteiger partial charge >= 0.3 is 0 Å². The Morgan fingerprint density at radius 2 is 1.70 bits per heavy atom. The van der Waals surface area contributed by atoms with Gasteiger partial charge in [-0.3, -0.25) is 4.79 Å². The van der Waals surface area contributed by atoms with E-state index in [1.165, 1.54) is 0 Å². The number of ether oxygens (including phenoxy) is 1. The van der Waals surface area contributed by atoms with Crippen LogP contribution in [0.2, 0.25) is 0 Å². The zero-order valence-corrected chi connectivity index (χ0v) is 13.1. The molecule has 0 unspecified atom stereocenters. The number of nitrogens with one attached hydrogen (secondary N) is 1. The third-order valence-electron chi connectivity index (χ3n) is 3.59. The van der Waals surface area contributed by atoms with E-state index in [1.54, 1.807) is 0 Å². The smallest absolute Gasteiger partial charge is 0.223 e. The average Bonchev–Trinajstić information content (AvgIpc) is 2.39. The molecule has 1 aromatic carbocycles. The molecule has 112 valence electrons. The van der Waals surface area contributed by atoms with Crippen LogP contribution in [0.25, 0.3) is 0 Å². The van der Waals surface area contributed by atoms with Crippen molar-refractivity contribution in [1.29, 1.82) is 0 Å². The van der Waals surface area contributed by atoms with E-state index in [1.807, 2.05) is 30.3 Å². The molecule has 1 amide bonds. The van der Waals surface area contributed by atoms with Crippen LogP contribution in [0.1, 0.15) is 34.1 Å². The SMILES string of the molecule is CC(C)C(CNC(=O)CCOc1ccccc1)C(C)C. The van der Waals surface area contributed by atoms with Crippen molar-refractivity contribution in [2.45, 2.75) is 34.1 Å². The Balaban J connectivity index is 2.23. The average molecular weight is 277 g/mol. The molecule has 0 aromatic heterocycles. The van der Waals surface area contributed by atoms with Crippen molar-refractivity contribution in [2.75, 3.05) is 13.2 Å². The second-order valence-corrected chi connectivity index (χ2v) is 5.87. The van der Waals surface area contributed by atoms with Gasteiger partial charge < -0.3 is 10.1 Å². The quantitative estimate of drug-likeness (QED) is 0.790. The van der Waals surface area contributed by atoms with Gasteiger partial charge in [0.1, 0.15) is 5.75 Å². The van der Waals surface area contributed by atoms with Gasteiger partial charge in [-0.2, -0.15) is 0 Å². The van der Waals surface area contributed by atoms with E-state index in [-0.39, 0.29) is 5.91 Å². The standard InChI is InChI=1S/C17H27NO2/c1-13(2)16(14(3)4)12-18-17(19)10-11-20-15-8-6-5-7-9-15/h5-9,13-14,16H,10-12H2,1-4H3,(H,18,19). The fourth-order valence-electron chi connectivity index (χ4n) is 2.34. The molecule has 0 fully saturated rings. The molecule has 0 saturated carbocycles. The van der Waals surface area contributed by atoms with Crippen LogP contribution in [-0.2, 0) is 4.79 Å². The monoisotopic (exact) mass is 277 g/mol. The van der Waals surface area contributed by atoms with Crippen LogP contribution < -0.4 is 10.1 Å². The summed E-state index contributed by atoms with van der Waals surface area (Å²) >= 11 is 0. The molecule has 20 heavy (non-hydrogen) atoms. The lowest BCUT2D eigenvalue weighted by atomic mass is 9.85. The number of rotatable bonds is 8. The summed E-state index contributed by atoms with van der Waals surface area (Å²) in [5, 5.41) is 3.01. The first-order valence-electron chi connectivity index (χ1n) is 7.45. The van der Waals surface area contributed by atoms with Gasteiger partial charge in [-0.25, -0.2) is 0 Å². The van der Waals surface area contributed by atoms with Crippen molar-refractivity contribution in [2.24, 2.45) is 17.8 Å². The minimum absolute atomic E-state index is 0.0623. The van der Waals surface area contributed by atoms with Crippen LogP contribution in [0.15, 0.2) is 30.3 Å². The van der Waals surface area contributed by atoms with Crippen LogP contribution in [0, 0.1) is 17.8 Å². The summed E-state index contributed by atoms with van der Waals surface area (Å²) in [6.07, 6.45) is 0.401. The van der Waals surface area contributed by atoms with Crippen molar-refractivity contribution in [3.05, 3.63) is 30.3 Å². The maximum Gasteiger partial charge on any atom is 0.223 e. The number of para-hydroxylation sites is 1. The maximum absolute atomic E-state index is 11.8. The summed E-state index contributed by atoms with van der Waals surface area (Å²) in [5.41, 5.74) is 0. The molecule has 0 spiro atoms. The summed E-state index contributed by atoms with van der Waals surface area (Å²) in [6.45, 7) is 9.98. The van der Waals surface area contributed by atoms with Crippen molar-refractivity contribution < 1.29 is 9.53 Å².